The van der Waals surface area contributed by atoms with Crippen molar-refractivity contribution in [1.82, 2.24) is 9.88 Å². The number of fused-ring (bicyclic) bond motifs is 1. The van der Waals surface area contributed by atoms with Crippen LogP contribution in [0.25, 0.3) is 10.9 Å². The lowest BCUT2D eigenvalue weighted by molar-refractivity contribution is -0.134. The van der Waals surface area contributed by atoms with Gasteiger partial charge in [0.05, 0.1) is 11.1 Å². The molecule has 1 amide bonds. The average Bonchev–Trinajstić information content (AvgIpc) is 2.75. The summed E-state index contributed by atoms with van der Waals surface area (Å²) >= 11 is 0. The monoisotopic (exact) mass is 390 g/mol. The summed E-state index contributed by atoms with van der Waals surface area (Å²) in [5, 5.41) is 0.728. The maximum absolute atomic E-state index is 12.8. The highest BCUT2D eigenvalue weighted by atomic mass is 16.5. The van der Waals surface area contributed by atoms with Crippen molar-refractivity contribution in [3.8, 4) is 0 Å². The molecular weight excluding hydrogens is 364 g/mol. The summed E-state index contributed by atoms with van der Waals surface area (Å²) < 4.78 is 5.40. The van der Waals surface area contributed by atoms with Crippen LogP contribution in [0.3, 0.4) is 0 Å². The molecule has 5 nitrogen and oxygen atoms in total. The van der Waals surface area contributed by atoms with E-state index in [9.17, 15) is 9.59 Å². The van der Waals surface area contributed by atoms with Gasteiger partial charge in [-0.05, 0) is 30.5 Å². The Labute approximate surface area is 171 Å². The molecule has 3 aromatic rings. The van der Waals surface area contributed by atoms with E-state index in [0.717, 1.165) is 22.2 Å². The van der Waals surface area contributed by atoms with Gasteiger partial charge in [-0.1, -0.05) is 62.4 Å². The van der Waals surface area contributed by atoms with Crippen LogP contribution in [0.1, 0.15) is 48.3 Å². The van der Waals surface area contributed by atoms with Crippen molar-refractivity contribution in [3.63, 3.8) is 0 Å². The number of hydrogen-bond donors (Lipinski definition) is 0. The summed E-state index contributed by atoms with van der Waals surface area (Å²) in [6.07, 6.45) is 0. The number of nitrogens with zero attached hydrogens (tertiary/aromatic N) is 2. The third-order valence-corrected chi connectivity index (χ3v) is 4.82. The van der Waals surface area contributed by atoms with Gasteiger partial charge in [-0.15, -0.1) is 0 Å². The normalized spacial score (nSPS) is 10.9. The second-order valence-electron chi connectivity index (χ2n) is 7.24. The van der Waals surface area contributed by atoms with Crippen LogP contribution in [0, 0.1) is 0 Å². The third kappa shape index (κ3) is 4.99. The highest BCUT2D eigenvalue weighted by Gasteiger charge is 2.19. The smallest absolute Gasteiger partial charge is 0.339 e. The van der Waals surface area contributed by atoms with Crippen molar-refractivity contribution in [2.45, 2.75) is 33.2 Å². The lowest BCUT2D eigenvalue weighted by Gasteiger charge is -2.21. The maximum atomic E-state index is 12.8. The molecule has 29 heavy (non-hydrogen) atoms. The number of esters is 1. The minimum absolute atomic E-state index is 0.175. The molecule has 0 aliphatic carbocycles. The van der Waals surface area contributed by atoms with Gasteiger partial charge in [0.2, 0.25) is 0 Å². The molecule has 2 aromatic carbocycles. The van der Waals surface area contributed by atoms with Crippen LogP contribution in [0.15, 0.2) is 60.7 Å². The van der Waals surface area contributed by atoms with Crippen molar-refractivity contribution in [3.05, 3.63) is 77.5 Å². The van der Waals surface area contributed by atoms with Crippen molar-refractivity contribution in [2.24, 2.45) is 0 Å². The number of benzene rings is 2. The summed E-state index contributed by atoms with van der Waals surface area (Å²) in [7, 11) is 0. The quantitative estimate of drug-likeness (QED) is 0.555. The second-order valence-corrected chi connectivity index (χ2v) is 7.24. The minimum atomic E-state index is -0.505. The summed E-state index contributed by atoms with van der Waals surface area (Å²) in [6, 6.07) is 19.0. The number of aromatic nitrogens is 1. The topological polar surface area (TPSA) is 59.5 Å². The third-order valence-electron chi connectivity index (χ3n) is 4.82. The molecule has 1 heterocycles. The van der Waals surface area contributed by atoms with E-state index in [2.05, 4.69) is 4.98 Å². The van der Waals surface area contributed by atoms with E-state index < -0.39 is 5.97 Å². The van der Waals surface area contributed by atoms with Gasteiger partial charge in [0.1, 0.15) is 0 Å². The standard InChI is InChI=1S/C24H26N2O3/c1-4-26(15-18-10-6-5-7-11-18)23(27)16-29-24(28)20-14-22(17(2)3)25-21-13-9-8-12-19(20)21/h5-14,17H,4,15-16H2,1-3H3. The maximum Gasteiger partial charge on any atom is 0.339 e. The molecule has 0 radical (unpaired) electrons. The van der Waals surface area contributed by atoms with Crippen LogP contribution in [-0.4, -0.2) is 34.9 Å². The van der Waals surface area contributed by atoms with Gasteiger partial charge in [-0.25, -0.2) is 4.79 Å². The summed E-state index contributed by atoms with van der Waals surface area (Å²) in [5.74, 6) is -0.545. The molecule has 3 rings (SSSR count). The van der Waals surface area contributed by atoms with E-state index in [1.54, 1.807) is 11.0 Å². The molecule has 0 N–H and O–H groups in total. The number of ether oxygens (including phenoxy) is 1. The van der Waals surface area contributed by atoms with E-state index in [-0.39, 0.29) is 18.4 Å². The summed E-state index contributed by atoms with van der Waals surface area (Å²) in [4.78, 5) is 31.7. The Morgan fingerprint density at radius 1 is 1.03 bits per heavy atom. The molecule has 150 valence electrons. The largest absolute Gasteiger partial charge is 0.452 e. The molecule has 0 saturated carbocycles. The van der Waals surface area contributed by atoms with Crippen LogP contribution in [-0.2, 0) is 16.1 Å². The number of carbonyl (C=O) groups excluding carboxylic acids is 2. The predicted molar refractivity (Wildman–Crippen MR) is 114 cm³/mol. The SMILES string of the molecule is CCN(Cc1ccccc1)C(=O)COC(=O)c1cc(C(C)C)nc2ccccc12. The van der Waals surface area contributed by atoms with Gasteiger partial charge in [0.25, 0.3) is 5.91 Å². The average molecular weight is 390 g/mol. The zero-order valence-electron chi connectivity index (χ0n) is 17.1. The van der Waals surface area contributed by atoms with Crippen LogP contribution >= 0.6 is 0 Å². The molecule has 0 aliphatic heterocycles. The summed E-state index contributed by atoms with van der Waals surface area (Å²) in [6.45, 7) is 6.71. The zero-order chi connectivity index (χ0) is 20.8. The number of likely N-dealkylation sites (N-methyl/N-ethyl adjacent to an activating group) is 1. The van der Waals surface area contributed by atoms with Gasteiger partial charge < -0.3 is 9.64 Å². The highest BCUT2D eigenvalue weighted by Crippen LogP contribution is 2.23. The molecule has 1 aromatic heterocycles. The fourth-order valence-corrected chi connectivity index (χ4v) is 3.14. The molecule has 0 aliphatic rings. The Morgan fingerprint density at radius 2 is 1.72 bits per heavy atom. The predicted octanol–water partition coefficient (Wildman–Crippen LogP) is 4.56. The lowest BCUT2D eigenvalue weighted by Crippen LogP contribution is -2.34. The Kier molecular flexibility index (Phi) is 6.60. The molecule has 5 heteroatoms. The molecule has 0 spiro atoms. The number of hydrogen-bond acceptors (Lipinski definition) is 4. The number of para-hydroxylation sites is 1. The fraction of sp³-hybridized carbons (Fsp3) is 0.292. The Balaban J connectivity index is 1.74. The Bertz CT molecular complexity index is 999. The number of rotatable bonds is 7. The van der Waals surface area contributed by atoms with E-state index in [1.165, 1.54) is 0 Å². The number of carbonyl (C=O) groups is 2. The molecule has 0 unspecified atom stereocenters. The molecule has 0 atom stereocenters. The van der Waals surface area contributed by atoms with Crippen LogP contribution in [0.4, 0.5) is 0 Å². The summed E-state index contributed by atoms with van der Waals surface area (Å²) in [5.41, 5.74) is 3.05. The molecular formula is C24H26N2O3. The van der Waals surface area contributed by atoms with Crippen molar-refractivity contribution < 1.29 is 14.3 Å². The lowest BCUT2D eigenvalue weighted by atomic mass is 10.0. The number of amides is 1. The fourth-order valence-electron chi connectivity index (χ4n) is 3.14. The first-order valence-electron chi connectivity index (χ1n) is 9.88. The van der Waals surface area contributed by atoms with Gasteiger partial charge in [-0.3, -0.25) is 9.78 Å². The van der Waals surface area contributed by atoms with E-state index in [1.807, 2.05) is 75.4 Å². The van der Waals surface area contributed by atoms with Crippen LogP contribution < -0.4 is 0 Å². The van der Waals surface area contributed by atoms with Gasteiger partial charge >= 0.3 is 5.97 Å². The first kappa shape index (κ1) is 20.5. The van der Waals surface area contributed by atoms with Gasteiger partial charge in [0.15, 0.2) is 6.61 Å². The Hall–Kier alpha value is -3.21. The van der Waals surface area contributed by atoms with Crippen molar-refractivity contribution in [2.75, 3.05) is 13.2 Å². The second kappa shape index (κ2) is 9.32. The first-order valence-corrected chi connectivity index (χ1v) is 9.88. The van der Waals surface area contributed by atoms with Crippen molar-refractivity contribution in [1.29, 1.82) is 0 Å². The van der Waals surface area contributed by atoms with E-state index in [0.29, 0.717) is 18.7 Å². The van der Waals surface area contributed by atoms with Crippen molar-refractivity contribution >= 4 is 22.8 Å². The molecule has 0 fully saturated rings. The Morgan fingerprint density at radius 3 is 2.41 bits per heavy atom. The van der Waals surface area contributed by atoms with E-state index in [4.69, 9.17) is 4.74 Å². The highest BCUT2D eigenvalue weighted by molar-refractivity contribution is 6.04. The van der Waals surface area contributed by atoms with Crippen LogP contribution in [0.2, 0.25) is 0 Å². The van der Waals surface area contributed by atoms with Gasteiger partial charge in [-0.2, -0.15) is 0 Å². The van der Waals surface area contributed by atoms with E-state index >= 15 is 0 Å². The first-order chi connectivity index (χ1) is 14.0. The zero-order valence-corrected chi connectivity index (χ0v) is 17.1. The molecule has 0 bridgehead atoms. The van der Waals surface area contributed by atoms with Crippen LogP contribution in [0.5, 0.6) is 0 Å². The number of pyridine rings is 1. The minimum Gasteiger partial charge on any atom is -0.452 e. The van der Waals surface area contributed by atoms with Gasteiger partial charge in [0, 0.05) is 24.2 Å². The molecule has 0 saturated heterocycles.